The molecule has 6 nitrogen and oxygen atoms in total. The van der Waals surface area contributed by atoms with Crippen LogP contribution < -0.4 is 9.47 Å². The number of rotatable bonds is 4. The molecule has 1 aromatic heterocycles. The van der Waals surface area contributed by atoms with Crippen LogP contribution in [-0.4, -0.2) is 28.6 Å². The number of benzene rings is 2. The molecule has 106 valence electrons. The van der Waals surface area contributed by atoms with Gasteiger partial charge in [-0.25, -0.2) is 0 Å². The Kier molecular flexibility index (Phi) is 3.27. The summed E-state index contributed by atoms with van der Waals surface area (Å²) in [6, 6.07) is 10.9. The van der Waals surface area contributed by atoms with Gasteiger partial charge in [0, 0.05) is 6.07 Å². The first-order chi connectivity index (χ1) is 10.2. The quantitative estimate of drug-likeness (QED) is 0.687. The van der Waals surface area contributed by atoms with Gasteiger partial charge in [0.15, 0.2) is 0 Å². The van der Waals surface area contributed by atoms with Crippen LogP contribution in [0.2, 0.25) is 0 Å². The first-order valence-corrected chi connectivity index (χ1v) is 6.33. The van der Waals surface area contributed by atoms with E-state index in [1.165, 1.54) is 0 Å². The van der Waals surface area contributed by atoms with Crippen molar-refractivity contribution in [1.82, 2.24) is 15.0 Å². The molecule has 3 aromatic rings. The van der Waals surface area contributed by atoms with E-state index in [-0.39, 0.29) is 0 Å². The minimum atomic E-state index is 0.411. The van der Waals surface area contributed by atoms with Crippen molar-refractivity contribution in [3.05, 3.63) is 42.0 Å². The molecule has 1 heterocycles. The number of aromatic nitrogens is 3. The molecule has 0 fully saturated rings. The Morgan fingerprint density at radius 2 is 1.90 bits per heavy atom. The molecule has 2 aromatic carbocycles. The third-order valence-electron chi connectivity index (χ3n) is 3.15. The van der Waals surface area contributed by atoms with Crippen LogP contribution >= 0.6 is 0 Å². The van der Waals surface area contributed by atoms with Gasteiger partial charge in [-0.1, -0.05) is 0 Å². The Balaban J connectivity index is 2.03. The van der Waals surface area contributed by atoms with E-state index in [4.69, 9.17) is 9.47 Å². The molecule has 21 heavy (non-hydrogen) atoms. The number of hydrogen-bond donors (Lipinski definition) is 0. The largest absolute Gasteiger partial charge is 0.497 e. The van der Waals surface area contributed by atoms with Gasteiger partial charge in [-0.3, -0.25) is 4.79 Å². The SMILES string of the molecule is COc1ccc2nn(-c3ccc(OC=O)c(C)c3)nc2c1. The van der Waals surface area contributed by atoms with E-state index >= 15 is 0 Å². The van der Waals surface area contributed by atoms with Crippen LogP contribution in [0.25, 0.3) is 16.7 Å². The van der Waals surface area contributed by atoms with E-state index in [9.17, 15) is 4.79 Å². The third-order valence-corrected chi connectivity index (χ3v) is 3.15. The monoisotopic (exact) mass is 283 g/mol. The number of ether oxygens (including phenoxy) is 2. The summed E-state index contributed by atoms with van der Waals surface area (Å²) in [6.07, 6.45) is 0. The van der Waals surface area contributed by atoms with Crippen LogP contribution in [0.1, 0.15) is 5.56 Å². The van der Waals surface area contributed by atoms with E-state index in [1.807, 2.05) is 31.2 Å². The van der Waals surface area contributed by atoms with Gasteiger partial charge < -0.3 is 9.47 Å². The number of aryl methyl sites for hydroxylation is 1. The minimum Gasteiger partial charge on any atom is -0.497 e. The summed E-state index contributed by atoms with van der Waals surface area (Å²) in [4.78, 5) is 11.9. The van der Waals surface area contributed by atoms with E-state index in [0.717, 1.165) is 28.0 Å². The number of carbonyl (C=O) groups excluding carboxylic acids is 1. The number of carbonyl (C=O) groups is 1. The number of methoxy groups -OCH3 is 1. The van der Waals surface area contributed by atoms with Crippen LogP contribution in [0.15, 0.2) is 36.4 Å². The second-order valence-electron chi connectivity index (χ2n) is 4.51. The summed E-state index contributed by atoms with van der Waals surface area (Å²) in [5, 5.41) is 8.84. The third kappa shape index (κ3) is 2.43. The van der Waals surface area contributed by atoms with Crippen molar-refractivity contribution < 1.29 is 14.3 Å². The minimum absolute atomic E-state index is 0.411. The molecule has 6 heteroatoms. The van der Waals surface area contributed by atoms with Gasteiger partial charge in [-0.05, 0) is 42.8 Å². The summed E-state index contributed by atoms with van der Waals surface area (Å²) >= 11 is 0. The highest BCUT2D eigenvalue weighted by Gasteiger charge is 2.08. The van der Waals surface area contributed by atoms with Crippen molar-refractivity contribution in [2.24, 2.45) is 0 Å². The van der Waals surface area contributed by atoms with Gasteiger partial charge in [0.25, 0.3) is 6.47 Å². The van der Waals surface area contributed by atoms with Crippen molar-refractivity contribution in [3.8, 4) is 17.2 Å². The van der Waals surface area contributed by atoms with E-state index in [0.29, 0.717) is 12.2 Å². The van der Waals surface area contributed by atoms with Crippen molar-refractivity contribution in [2.45, 2.75) is 6.92 Å². The lowest BCUT2D eigenvalue weighted by Crippen LogP contribution is -2.00. The normalized spacial score (nSPS) is 10.6. The van der Waals surface area contributed by atoms with Crippen molar-refractivity contribution >= 4 is 17.5 Å². The number of hydrogen-bond acceptors (Lipinski definition) is 5. The molecular weight excluding hydrogens is 270 g/mol. The molecule has 0 aliphatic carbocycles. The zero-order chi connectivity index (χ0) is 14.8. The Morgan fingerprint density at radius 3 is 2.62 bits per heavy atom. The van der Waals surface area contributed by atoms with Crippen molar-refractivity contribution in [1.29, 1.82) is 0 Å². The highest BCUT2D eigenvalue weighted by atomic mass is 16.5. The highest BCUT2D eigenvalue weighted by molar-refractivity contribution is 5.75. The average Bonchev–Trinajstić information content (AvgIpc) is 2.92. The lowest BCUT2D eigenvalue weighted by Gasteiger charge is -2.05. The Morgan fingerprint density at radius 1 is 1.10 bits per heavy atom. The maximum Gasteiger partial charge on any atom is 0.298 e. The van der Waals surface area contributed by atoms with Crippen molar-refractivity contribution in [2.75, 3.05) is 7.11 Å². The van der Waals surface area contributed by atoms with Gasteiger partial charge in [0.05, 0.1) is 12.8 Å². The summed E-state index contributed by atoms with van der Waals surface area (Å²) in [5.74, 6) is 1.26. The summed E-state index contributed by atoms with van der Waals surface area (Å²) in [6.45, 7) is 2.27. The average molecular weight is 283 g/mol. The highest BCUT2D eigenvalue weighted by Crippen LogP contribution is 2.22. The molecule has 0 N–H and O–H groups in total. The fraction of sp³-hybridized carbons (Fsp3) is 0.133. The van der Waals surface area contributed by atoms with Gasteiger partial charge >= 0.3 is 0 Å². The molecule has 0 aliphatic rings. The predicted molar refractivity (Wildman–Crippen MR) is 76.8 cm³/mol. The molecule has 0 amide bonds. The standard InChI is InChI=1S/C15H13N3O3/c1-10-7-11(3-6-15(10)21-9-19)18-16-13-5-4-12(20-2)8-14(13)17-18/h3-9H,1-2H3. The first-order valence-electron chi connectivity index (χ1n) is 6.33. The molecule has 0 aliphatic heterocycles. The van der Waals surface area contributed by atoms with Crippen molar-refractivity contribution in [3.63, 3.8) is 0 Å². The fourth-order valence-corrected chi connectivity index (χ4v) is 2.08. The van der Waals surface area contributed by atoms with Crippen LogP contribution in [0, 0.1) is 6.92 Å². The molecule has 0 radical (unpaired) electrons. The maximum atomic E-state index is 10.4. The Hall–Kier alpha value is -2.89. The Labute approximate surface area is 120 Å². The van der Waals surface area contributed by atoms with Crippen LogP contribution in [0.5, 0.6) is 11.5 Å². The van der Waals surface area contributed by atoms with Crippen LogP contribution in [-0.2, 0) is 4.79 Å². The molecule has 0 saturated heterocycles. The second-order valence-corrected chi connectivity index (χ2v) is 4.51. The fourth-order valence-electron chi connectivity index (χ4n) is 2.08. The summed E-state index contributed by atoms with van der Waals surface area (Å²) < 4.78 is 10.0. The lowest BCUT2D eigenvalue weighted by atomic mass is 10.2. The van der Waals surface area contributed by atoms with Gasteiger partial charge in [-0.2, -0.15) is 4.80 Å². The first kappa shape index (κ1) is 13.1. The molecule has 0 spiro atoms. The maximum absolute atomic E-state index is 10.4. The molecule has 0 bridgehead atoms. The zero-order valence-electron chi connectivity index (χ0n) is 11.6. The predicted octanol–water partition coefficient (Wildman–Crippen LogP) is 2.27. The van der Waals surface area contributed by atoms with Gasteiger partial charge in [0.2, 0.25) is 0 Å². The van der Waals surface area contributed by atoms with E-state index < -0.39 is 0 Å². The van der Waals surface area contributed by atoms with Crippen LogP contribution in [0.4, 0.5) is 0 Å². The van der Waals surface area contributed by atoms with Gasteiger partial charge in [-0.15, -0.1) is 10.2 Å². The smallest absolute Gasteiger partial charge is 0.298 e. The molecular formula is C15H13N3O3. The van der Waals surface area contributed by atoms with Crippen LogP contribution in [0.3, 0.4) is 0 Å². The molecule has 0 saturated carbocycles. The number of fused-ring (bicyclic) bond motifs is 1. The number of nitrogens with zero attached hydrogens (tertiary/aromatic N) is 3. The molecule has 0 unspecified atom stereocenters. The second kappa shape index (κ2) is 5.24. The molecule has 3 rings (SSSR count). The van der Waals surface area contributed by atoms with E-state index in [2.05, 4.69) is 10.2 Å². The van der Waals surface area contributed by atoms with E-state index in [1.54, 1.807) is 24.0 Å². The molecule has 0 atom stereocenters. The lowest BCUT2D eigenvalue weighted by molar-refractivity contribution is -0.120. The summed E-state index contributed by atoms with van der Waals surface area (Å²) in [5.41, 5.74) is 3.15. The topological polar surface area (TPSA) is 66.2 Å². The Bertz CT molecular complexity index is 811. The van der Waals surface area contributed by atoms with Gasteiger partial charge in [0.1, 0.15) is 22.5 Å². The zero-order valence-corrected chi connectivity index (χ0v) is 11.6. The summed E-state index contributed by atoms with van der Waals surface area (Å²) in [7, 11) is 1.61.